The molecule has 2 heterocycles. The number of aromatic nitrogens is 2. The molecule has 24 heavy (non-hydrogen) atoms. The number of nitrogens with one attached hydrogen (secondary N) is 1. The van der Waals surface area contributed by atoms with E-state index in [4.69, 9.17) is 4.52 Å². The maximum atomic E-state index is 9.75. The fraction of sp³-hybridized carbons (Fsp3) is 0.778. The maximum Gasteiger partial charge on any atom is 1.00 e. The zero-order chi connectivity index (χ0) is 18.8. The molecule has 142 valence electrons. The number of halogens is 8. The number of aryl methyl sites for hydroxylation is 1. The summed E-state index contributed by atoms with van der Waals surface area (Å²) in [5.74, 6) is 1.44. The van der Waals surface area contributed by atoms with Crippen LogP contribution in [0.1, 0.15) is 21.0 Å². The number of hydrogen-bond acceptors (Lipinski definition) is 5. The zero-order valence-corrected chi connectivity index (χ0v) is 12.7. The summed E-state index contributed by atoms with van der Waals surface area (Å²) < 4.78 is 82.9. The summed E-state index contributed by atoms with van der Waals surface area (Å²) in [4.78, 5) is 6.55. The number of hydrogen-bond donors (Lipinski definition) is 1. The Hall–Kier alpha value is -1.37. The molecular weight excluding hydrogens is 354 g/mol. The van der Waals surface area contributed by atoms with E-state index in [1.54, 1.807) is 0 Å². The van der Waals surface area contributed by atoms with Gasteiger partial charge in [0.2, 0.25) is 5.89 Å². The van der Waals surface area contributed by atoms with Gasteiger partial charge in [-0.25, -0.2) is 0 Å². The van der Waals surface area contributed by atoms with Crippen molar-refractivity contribution in [1.29, 1.82) is 0 Å². The molecule has 1 aromatic heterocycles. The fourth-order valence-electron chi connectivity index (χ4n) is 1.67. The van der Waals surface area contributed by atoms with Crippen LogP contribution in [0.15, 0.2) is 4.52 Å². The van der Waals surface area contributed by atoms with Gasteiger partial charge in [0, 0.05) is 20.0 Å². The van der Waals surface area contributed by atoms with Gasteiger partial charge in [-0.2, -0.15) is 4.98 Å². The summed E-state index contributed by atoms with van der Waals surface area (Å²) in [6.07, 6.45) is 1.19. The lowest BCUT2D eigenvalue weighted by Gasteiger charge is -2.16. The lowest BCUT2D eigenvalue weighted by atomic mass is 10.3. The first-order valence-electron chi connectivity index (χ1n) is 6.81. The van der Waals surface area contributed by atoms with Crippen molar-refractivity contribution in [2.75, 3.05) is 26.2 Å². The molecule has 0 radical (unpaired) electrons. The molecule has 1 aliphatic rings. The Balaban J connectivity index is -0.000000375. The zero-order valence-electron chi connectivity index (χ0n) is 14.7. The summed E-state index contributed by atoms with van der Waals surface area (Å²) in [7, 11) is -12.0. The van der Waals surface area contributed by atoms with Crippen LogP contribution in [0.4, 0.5) is 34.5 Å². The molecule has 15 heteroatoms. The van der Waals surface area contributed by atoms with Crippen LogP contribution in [0.3, 0.4) is 0 Å². The molecule has 0 unspecified atom stereocenters. The quantitative estimate of drug-likeness (QED) is 0.639. The second-order valence-electron chi connectivity index (χ2n) is 4.60. The highest BCUT2D eigenvalue weighted by Crippen LogP contribution is 2.07. The minimum Gasteiger partial charge on any atom is -0.418 e. The molecule has 1 fully saturated rings. The van der Waals surface area contributed by atoms with Gasteiger partial charge in [0.25, 0.3) is 0 Å². The van der Waals surface area contributed by atoms with Crippen LogP contribution in [-0.2, 0) is 6.54 Å². The van der Waals surface area contributed by atoms with Crippen LogP contribution in [0.25, 0.3) is 0 Å². The van der Waals surface area contributed by atoms with Crippen molar-refractivity contribution >= 4 is 14.5 Å². The molecule has 0 spiro atoms. The monoisotopic (exact) mass is 372 g/mol. The average molecular weight is 372 g/mol. The third-order valence-corrected chi connectivity index (χ3v) is 2.37. The average Bonchev–Trinajstić information content (AvgIpc) is 2.58. The Labute approximate surface area is 135 Å². The van der Waals surface area contributed by atoms with Crippen molar-refractivity contribution in [2.45, 2.75) is 19.9 Å². The minimum absolute atomic E-state index is 0. The smallest absolute Gasteiger partial charge is 0.418 e. The Morgan fingerprint density at radius 2 is 1.58 bits per heavy atom. The Morgan fingerprint density at radius 1 is 1.04 bits per heavy atom. The van der Waals surface area contributed by atoms with E-state index < -0.39 is 14.5 Å². The van der Waals surface area contributed by atoms with Gasteiger partial charge in [0.1, 0.15) is 0 Å². The second-order valence-corrected chi connectivity index (χ2v) is 4.60. The number of rotatable bonds is 2. The molecule has 0 saturated carbocycles. The summed E-state index contributed by atoms with van der Waals surface area (Å²) in [6.45, 7) is 6.96. The van der Waals surface area contributed by atoms with Crippen molar-refractivity contribution in [1.82, 2.24) is 20.4 Å². The fourth-order valence-corrected chi connectivity index (χ4v) is 1.67. The molecule has 5 nitrogen and oxygen atoms in total. The second kappa shape index (κ2) is 10.5. The Morgan fingerprint density at radius 3 is 2.04 bits per heavy atom. The lowest BCUT2D eigenvalue weighted by molar-refractivity contribution is 0.271. The maximum absolute atomic E-state index is 9.75. The molecule has 2 rings (SSSR count). The van der Waals surface area contributed by atoms with Crippen LogP contribution in [0.5, 0.6) is 0 Å². The van der Waals surface area contributed by atoms with E-state index >= 15 is 0 Å². The van der Waals surface area contributed by atoms with Crippen LogP contribution in [-0.4, -0.2) is 55.7 Å². The molecule has 0 aromatic carbocycles. The van der Waals surface area contributed by atoms with E-state index in [-0.39, 0.29) is 2.85 Å². The topological polar surface area (TPSA) is 54.2 Å². The van der Waals surface area contributed by atoms with Crippen LogP contribution < -0.4 is 5.32 Å². The van der Waals surface area contributed by atoms with Crippen molar-refractivity contribution in [3.8, 4) is 0 Å². The first kappa shape index (κ1) is 22.6. The summed E-state index contributed by atoms with van der Waals surface area (Å²) in [5.41, 5.74) is 0. The molecule has 1 saturated heterocycles. The number of nitrogens with zero attached hydrogens (tertiary/aromatic N) is 3. The third kappa shape index (κ3) is 18.7. The molecule has 0 bridgehead atoms. The van der Waals surface area contributed by atoms with Crippen LogP contribution >= 0.6 is 0 Å². The minimum atomic E-state index is -6.00. The third-order valence-electron chi connectivity index (χ3n) is 2.37. The summed E-state index contributed by atoms with van der Waals surface area (Å²) in [6, 6.07) is 0. The molecule has 0 atom stereocenters. The normalized spacial score (nSPS) is 16.4. The highest BCUT2D eigenvalue weighted by Gasteiger charge is 2.21. The van der Waals surface area contributed by atoms with Gasteiger partial charge in [-0.15, -0.1) is 0 Å². The van der Waals surface area contributed by atoms with Crippen LogP contribution in [0, 0.1) is 6.92 Å². The summed E-state index contributed by atoms with van der Waals surface area (Å²) in [5, 5.41) is 7.25. The van der Waals surface area contributed by atoms with Crippen molar-refractivity contribution in [2.24, 2.45) is 0 Å². The van der Waals surface area contributed by atoms with E-state index in [0.29, 0.717) is 5.89 Å². The van der Waals surface area contributed by atoms with Gasteiger partial charge in [-0.1, -0.05) is 5.16 Å². The largest absolute Gasteiger partial charge is 1.00 e. The van der Waals surface area contributed by atoms with Gasteiger partial charge in [0.15, 0.2) is 5.82 Å². The van der Waals surface area contributed by atoms with Gasteiger partial charge < -0.3 is 44.4 Å². The summed E-state index contributed by atoms with van der Waals surface area (Å²) >= 11 is 0. The van der Waals surface area contributed by atoms with Crippen molar-refractivity contribution in [3.63, 3.8) is 0 Å². The highest BCUT2D eigenvalue weighted by molar-refractivity contribution is 6.50. The van der Waals surface area contributed by atoms with Crippen molar-refractivity contribution < 1.29 is 41.9 Å². The molecule has 1 aliphatic heterocycles. The Kier molecular flexibility index (Phi) is 9.89. The van der Waals surface area contributed by atoms with Crippen molar-refractivity contribution in [3.05, 3.63) is 11.7 Å². The highest BCUT2D eigenvalue weighted by atomic mass is 19.5. The van der Waals surface area contributed by atoms with Gasteiger partial charge in [0.05, 0.1) is 6.54 Å². The first-order chi connectivity index (χ1) is 10.8. The van der Waals surface area contributed by atoms with E-state index in [1.165, 1.54) is 6.42 Å². The van der Waals surface area contributed by atoms with Gasteiger partial charge in [-0.3, -0.25) is 4.90 Å². The van der Waals surface area contributed by atoms with E-state index in [0.717, 1.165) is 38.5 Å². The SMILES string of the molecule is Cc1nc(CN2CCCNCC2)no1.F[B-](F)(F)F.F[B-](F)(F)F.[H+].[H+]. The molecule has 1 aromatic rings. The molecule has 1 N–H and O–H groups in total. The first-order valence-corrected chi connectivity index (χ1v) is 6.81. The molecule has 0 amide bonds. The molecule has 0 aliphatic carbocycles. The standard InChI is InChI=1S/C9H16N4O.2BF4/c1-8-11-9(12-14-8)7-13-5-2-3-10-4-6-13;2*2-1(3,4)5/h10H,2-7H2,1H3;;/q;2*-1/p+2. The van der Waals surface area contributed by atoms with E-state index in [9.17, 15) is 34.5 Å². The lowest BCUT2D eigenvalue weighted by Crippen LogP contribution is -2.28. The van der Waals surface area contributed by atoms with E-state index in [2.05, 4.69) is 20.4 Å². The van der Waals surface area contributed by atoms with Gasteiger partial charge >= 0.3 is 17.4 Å². The predicted octanol–water partition coefficient (Wildman–Crippen LogP) is 3.00. The van der Waals surface area contributed by atoms with Crippen LogP contribution in [0.2, 0.25) is 0 Å². The van der Waals surface area contributed by atoms with E-state index in [1.807, 2.05) is 6.92 Å². The van der Waals surface area contributed by atoms with Gasteiger partial charge in [-0.05, 0) is 19.5 Å². The predicted molar refractivity (Wildman–Crippen MR) is 74.4 cm³/mol. The Bertz CT molecular complexity index is 434. The molecular formula is C9H18B2F8N4O.